The zero-order valence-electron chi connectivity index (χ0n) is 11.6. The first-order valence-corrected chi connectivity index (χ1v) is 7.76. The zero-order valence-corrected chi connectivity index (χ0v) is 12.4. The maximum atomic E-state index is 13.6. The molecule has 0 saturated heterocycles. The average Bonchev–Trinajstić information content (AvgIpc) is 2.37. The first kappa shape index (κ1) is 15.1. The number of hydrogen-bond donors (Lipinski definition) is 2. The fraction of sp³-hybridized carbons (Fsp3) is 0.500. The molecule has 0 bridgehead atoms. The predicted molar refractivity (Wildman–Crippen MR) is 78.7 cm³/mol. The molecular weight excluding hydrogens is 279 g/mol. The molecule has 1 fully saturated rings. The zero-order chi connectivity index (χ0) is 14.5. The van der Waals surface area contributed by atoms with Crippen molar-refractivity contribution in [3.63, 3.8) is 0 Å². The lowest BCUT2D eigenvalue weighted by Gasteiger charge is -2.34. The van der Waals surface area contributed by atoms with Crippen molar-refractivity contribution in [2.24, 2.45) is 5.92 Å². The standard InChI is InChI=1S/C14H19FN2O2S/c1-19-10-6-9(7-10)8-16-14(18)17-12-5-3-4-11(15)13(12)20-2/h3-5,9-10H,6-8H2,1-2H3,(H2,16,17,18). The minimum Gasteiger partial charge on any atom is -0.381 e. The molecule has 0 aromatic heterocycles. The van der Waals surface area contributed by atoms with Crippen LogP contribution in [-0.2, 0) is 4.74 Å². The first-order chi connectivity index (χ1) is 9.63. The minimum absolute atomic E-state index is 0.299. The number of carbonyl (C=O) groups excluding carboxylic acids is 1. The summed E-state index contributed by atoms with van der Waals surface area (Å²) in [5.74, 6) is 0.149. The summed E-state index contributed by atoms with van der Waals surface area (Å²) in [5, 5.41) is 5.50. The third-order valence-electron chi connectivity index (χ3n) is 3.50. The number of benzene rings is 1. The molecule has 110 valence electrons. The number of methoxy groups -OCH3 is 1. The molecular formula is C14H19FN2O2S. The van der Waals surface area contributed by atoms with Crippen LogP contribution in [0.25, 0.3) is 0 Å². The molecule has 2 N–H and O–H groups in total. The third kappa shape index (κ3) is 3.64. The van der Waals surface area contributed by atoms with E-state index in [0.29, 0.717) is 29.1 Å². The van der Waals surface area contributed by atoms with E-state index in [9.17, 15) is 9.18 Å². The van der Waals surface area contributed by atoms with E-state index in [2.05, 4.69) is 10.6 Å². The third-order valence-corrected chi connectivity index (χ3v) is 4.32. The van der Waals surface area contributed by atoms with Crippen LogP contribution in [0, 0.1) is 11.7 Å². The molecule has 2 rings (SSSR count). The lowest BCUT2D eigenvalue weighted by Crippen LogP contribution is -2.40. The number of amides is 2. The molecule has 1 saturated carbocycles. The molecule has 1 aliphatic carbocycles. The molecule has 0 radical (unpaired) electrons. The molecule has 2 amide bonds. The van der Waals surface area contributed by atoms with Gasteiger partial charge in [-0.05, 0) is 37.1 Å². The van der Waals surface area contributed by atoms with Crippen molar-refractivity contribution in [2.45, 2.75) is 23.8 Å². The number of halogens is 1. The van der Waals surface area contributed by atoms with Crippen LogP contribution < -0.4 is 10.6 Å². The van der Waals surface area contributed by atoms with Crippen LogP contribution in [0.15, 0.2) is 23.1 Å². The lowest BCUT2D eigenvalue weighted by atomic mass is 9.82. The Bertz CT molecular complexity index is 478. The summed E-state index contributed by atoms with van der Waals surface area (Å²) in [6, 6.07) is 4.36. The molecule has 4 nitrogen and oxygen atoms in total. The van der Waals surface area contributed by atoms with Crippen LogP contribution in [0.2, 0.25) is 0 Å². The Balaban J connectivity index is 1.81. The van der Waals surface area contributed by atoms with Crippen LogP contribution in [-0.4, -0.2) is 32.0 Å². The molecule has 6 heteroatoms. The Hall–Kier alpha value is -1.27. The van der Waals surface area contributed by atoms with Gasteiger partial charge in [-0.25, -0.2) is 9.18 Å². The highest BCUT2D eigenvalue weighted by Gasteiger charge is 2.28. The quantitative estimate of drug-likeness (QED) is 0.821. The van der Waals surface area contributed by atoms with Crippen molar-refractivity contribution in [3.05, 3.63) is 24.0 Å². The number of nitrogens with one attached hydrogen (secondary N) is 2. The fourth-order valence-electron chi connectivity index (χ4n) is 2.25. The SMILES string of the molecule is COC1CC(CNC(=O)Nc2cccc(F)c2SC)C1. The van der Waals surface area contributed by atoms with E-state index in [-0.39, 0.29) is 11.8 Å². The Morgan fingerprint density at radius 3 is 2.90 bits per heavy atom. The van der Waals surface area contributed by atoms with Gasteiger partial charge in [-0.15, -0.1) is 11.8 Å². The van der Waals surface area contributed by atoms with Crippen LogP contribution in [0.5, 0.6) is 0 Å². The summed E-state index contributed by atoms with van der Waals surface area (Å²) in [6.45, 7) is 0.621. The fourth-order valence-corrected chi connectivity index (χ4v) is 2.85. The van der Waals surface area contributed by atoms with E-state index in [1.54, 1.807) is 25.5 Å². The second-order valence-corrected chi connectivity index (χ2v) is 5.67. The van der Waals surface area contributed by atoms with Gasteiger partial charge < -0.3 is 15.4 Å². The molecule has 0 unspecified atom stereocenters. The normalized spacial score (nSPS) is 21.1. The van der Waals surface area contributed by atoms with Gasteiger partial charge in [-0.3, -0.25) is 0 Å². The Kier molecular flexibility index (Phi) is 5.25. The molecule has 0 aliphatic heterocycles. The van der Waals surface area contributed by atoms with Crippen LogP contribution in [0.4, 0.5) is 14.9 Å². The largest absolute Gasteiger partial charge is 0.381 e. The van der Waals surface area contributed by atoms with E-state index >= 15 is 0 Å². The second kappa shape index (κ2) is 6.95. The van der Waals surface area contributed by atoms with Crippen LogP contribution >= 0.6 is 11.8 Å². The summed E-state index contributed by atoms with van der Waals surface area (Å²) >= 11 is 1.27. The average molecular weight is 298 g/mol. The van der Waals surface area contributed by atoms with E-state index < -0.39 is 0 Å². The first-order valence-electron chi connectivity index (χ1n) is 6.54. The highest BCUT2D eigenvalue weighted by Crippen LogP contribution is 2.29. The Morgan fingerprint density at radius 2 is 2.25 bits per heavy atom. The van der Waals surface area contributed by atoms with E-state index in [1.807, 2.05) is 0 Å². The van der Waals surface area contributed by atoms with E-state index in [0.717, 1.165) is 12.8 Å². The molecule has 1 aromatic carbocycles. The number of thioether (sulfide) groups is 1. The number of urea groups is 1. The maximum absolute atomic E-state index is 13.6. The van der Waals surface area contributed by atoms with Gasteiger partial charge in [-0.2, -0.15) is 0 Å². The molecule has 1 aromatic rings. The number of anilines is 1. The minimum atomic E-state index is -0.322. The van der Waals surface area contributed by atoms with Gasteiger partial charge in [-0.1, -0.05) is 6.07 Å². The highest BCUT2D eigenvalue weighted by atomic mass is 32.2. The van der Waals surface area contributed by atoms with Crippen molar-refractivity contribution < 1.29 is 13.9 Å². The lowest BCUT2D eigenvalue weighted by molar-refractivity contribution is 0.00255. The van der Waals surface area contributed by atoms with Crippen LogP contribution in [0.3, 0.4) is 0 Å². The molecule has 0 spiro atoms. The van der Waals surface area contributed by atoms with Gasteiger partial charge in [0, 0.05) is 13.7 Å². The predicted octanol–water partition coefficient (Wildman–Crippen LogP) is 3.09. The van der Waals surface area contributed by atoms with E-state index in [4.69, 9.17) is 4.74 Å². The Morgan fingerprint density at radius 1 is 1.50 bits per heavy atom. The number of carbonyl (C=O) groups is 1. The summed E-state index contributed by atoms with van der Waals surface area (Å²) in [5.41, 5.74) is 0.498. The summed E-state index contributed by atoms with van der Waals surface area (Å²) in [6.07, 6.45) is 4.07. The van der Waals surface area contributed by atoms with Crippen molar-refractivity contribution >= 4 is 23.5 Å². The van der Waals surface area contributed by atoms with Crippen molar-refractivity contribution in [1.29, 1.82) is 0 Å². The van der Waals surface area contributed by atoms with Crippen molar-refractivity contribution in [3.8, 4) is 0 Å². The van der Waals surface area contributed by atoms with Crippen molar-refractivity contribution in [2.75, 3.05) is 25.2 Å². The Labute approximate surface area is 122 Å². The summed E-state index contributed by atoms with van der Waals surface area (Å²) in [7, 11) is 1.70. The molecule has 0 heterocycles. The monoisotopic (exact) mass is 298 g/mol. The highest BCUT2D eigenvalue weighted by molar-refractivity contribution is 7.98. The van der Waals surface area contributed by atoms with Gasteiger partial charge in [0.1, 0.15) is 5.82 Å². The molecule has 20 heavy (non-hydrogen) atoms. The number of ether oxygens (including phenoxy) is 1. The molecule has 0 atom stereocenters. The summed E-state index contributed by atoms with van der Waals surface area (Å²) in [4.78, 5) is 12.3. The van der Waals surface area contributed by atoms with Gasteiger partial charge in [0.2, 0.25) is 0 Å². The summed E-state index contributed by atoms with van der Waals surface area (Å²) < 4.78 is 18.7. The second-order valence-electron chi connectivity index (χ2n) is 4.85. The smallest absolute Gasteiger partial charge is 0.319 e. The molecule has 1 aliphatic rings. The topological polar surface area (TPSA) is 50.4 Å². The van der Waals surface area contributed by atoms with Gasteiger partial charge in [0.05, 0.1) is 16.7 Å². The number of rotatable bonds is 5. The van der Waals surface area contributed by atoms with Gasteiger partial charge >= 0.3 is 6.03 Å². The van der Waals surface area contributed by atoms with Crippen molar-refractivity contribution in [1.82, 2.24) is 5.32 Å². The van der Waals surface area contributed by atoms with Gasteiger partial charge in [0.25, 0.3) is 0 Å². The number of hydrogen-bond acceptors (Lipinski definition) is 3. The van der Waals surface area contributed by atoms with E-state index in [1.165, 1.54) is 17.8 Å². The maximum Gasteiger partial charge on any atom is 0.319 e. The van der Waals surface area contributed by atoms with Crippen LogP contribution in [0.1, 0.15) is 12.8 Å². The van der Waals surface area contributed by atoms with Gasteiger partial charge in [0.15, 0.2) is 0 Å².